The van der Waals surface area contributed by atoms with Crippen LogP contribution in [-0.4, -0.2) is 6.17 Å². The summed E-state index contributed by atoms with van der Waals surface area (Å²) in [6.07, 6.45) is 19.3. The maximum atomic E-state index is 14.8. The van der Waals surface area contributed by atoms with Gasteiger partial charge in [0.1, 0.15) is 6.17 Å². The highest BCUT2D eigenvalue weighted by atomic mass is 19.1. The van der Waals surface area contributed by atoms with Gasteiger partial charge in [-0.25, -0.2) is 4.39 Å². The second-order valence-electron chi connectivity index (χ2n) is 9.39. The number of hydrogen-bond donors (Lipinski definition) is 0. The summed E-state index contributed by atoms with van der Waals surface area (Å²) in [5, 5.41) is 0. The van der Waals surface area contributed by atoms with Crippen LogP contribution >= 0.6 is 0 Å². The normalized spacial score (nSPS) is 43.7. The first kappa shape index (κ1) is 17.7. The summed E-state index contributed by atoms with van der Waals surface area (Å²) in [5.74, 6) is 1.10. The molecule has 0 heterocycles. The largest absolute Gasteiger partial charge is 0.247 e. The van der Waals surface area contributed by atoms with Gasteiger partial charge in [-0.1, -0.05) is 39.5 Å². The van der Waals surface area contributed by atoms with E-state index in [1.54, 1.807) is 0 Å². The van der Waals surface area contributed by atoms with Gasteiger partial charge in [0.25, 0.3) is 0 Å². The van der Waals surface area contributed by atoms with E-state index < -0.39 is 6.17 Å². The van der Waals surface area contributed by atoms with Crippen molar-refractivity contribution in [1.29, 1.82) is 0 Å². The Morgan fingerprint density at radius 1 is 0.870 bits per heavy atom. The Morgan fingerprint density at radius 3 is 2.13 bits per heavy atom. The van der Waals surface area contributed by atoms with Crippen LogP contribution in [0.1, 0.15) is 110 Å². The molecule has 0 aromatic carbocycles. The number of alkyl halides is 1. The second-order valence-corrected chi connectivity index (χ2v) is 9.39. The zero-order chi connectivity index (χ0) is 16.3. The van der Waals surface area contributed by atoms with Crippen molar-refractivity contribution in [2.75, 3.05) is 0 Å². The molecule has 1 heteroatoms. The fraction of sp³-hybridized carbons (Fsp3) is 1.00. The third-order valence-corrected chi connectivity index (χ3v) is 8.19. The molecule has 0 aromatic heterocycles. The summed E-state index contributed by atoms with van der Waals surface area (Å²) < 4.78 is 14.8. The lowest BCUT2D eigenvalue weighted by Gasteiger charge is -2.58. The Labute approximate surface area is 144 Å². The van der Waals surface area contributed by atoms with Crippen LogP contribution in [0, 0.1) is 22.7 Å². The van der Waals surface area contributed by atoms with Crippen LogP contribution in [0.3, 0.4) is 0 Å². The topological polar surface area (TPSA) is 0 Å². The van der Waals surface area contributed by atoms with Gasteiger partial charge in [0, 0.05) is 0 Å². The Hall–Kier alpha value is -0.0700. The predicted octanol–water partition coefficient (Wildman–Crippen LogP) is 7.46. The fourth-order valence-electron chi connectivity index (χ4n) is 6.53. The lowest BCUT2D eigenvalue weighted by molar-refractivity contribution is -0.0757. The molecule has 4 aliphatic carbocycles. The quantitative estimate of drug-likeness (QED) is 0.427. The van der Waals surface area contributed by atoms with Gasteiger partial charge >= 0.3 is 0 Å². The zero-order valence-corrected chi connectivity index (χ0v) is 15.7. The van der Waals surface area contributed by atoms with Gasteiger partial charge in [-0.2, -0.15) is 0 Å². The maximum Gasteiger partial charge on any atom is 0.103 e. The molecule has 1 unspecified atom stereocenters. The van der Waals surface area contributed by atoms with Crippen molar-refractivity contribution in [2.24, 2.45) is 22.7 Å². The first-order chi connectivity index (χ1) is 11.1. The van der Waals surface area contributed by atoms with Crippen LogP contribution in [0.15, 0.2) is 0 Å². The molecule has 0 nitrogen and oxygen atoms in total. The first-order valence-electron chi connectivity index (χ1n) is 10.8. The van der Waals surface area contributed by atoms with E-state index in [2.05, 4.69) is 13.8 Å². The molecule has 3 atom stereocenters. The van der Waals surface area contributed by atoms with E-state index in [0.29, 0.717) is 22.7 Å². The number of rotatable bonds is 7. The van der Waals surface area contributed by atoms with Crippen molar-refractivity contribution in [3.8, 4) is 0 Å². The smallest absolute Gasteiger partial charge is 0.103 e. The van der Waals surface area contributed by atoms with Gasteiger partial charge in [0.15, 0.2) is 0 Å². The number of fused-ring (bicyclic) bond motifs is 3. The molecule has 4 fully saturated rings. The van der Waals surface area contributed by atoms with Crippen LogP contribution in [-0.2, 0) is 0 Å². The minimum absolute atomic E-state index is 0.389. The average Bonchev–Trinajstić information content (AvgIpc) is 2.58. The summed E-state index contributed by atoms with van der Waals surface area (Å²) in [6, 6.07) is 0. The lowest BCUT2D eigenvalue weighted by Crippen LogP contribution is -2.47. The van der Waals surface area contributed by atoms with Crippen molar-refractivity contribution in [1.82, 2.24) is 0 Å². The Kier molecular flexibility index (Phi) is 5.74. The van der Waals surface area contributed by atoms with E-state index in [1.165, 1.54) is 83.5 Å². The monoisotopic (exact) mass is 322 g/mol. The molecule has 4 saturated carbocycles. The Bertz CT molecular complexity index is 350. The van der Waals surface area contributed by atoms with Gasteiger partial charge in [-0.15, -0.1) is 0 Å². The van der Waals surface area contributed by atoms with E-state index in [0.717, 1.165) is 12.8 Å². The molecule has 0 spiro atoms. The highest BCUT2D eigenvalue weighted by Crippen LogP contribution is 2.63. The molecule has 0 radical (unpaired) electrons. The van der Waals surface area contributed by atoms with E-state index >= 15 is 0 Å². The molecule has 2 bridgehead atoms. The lowest BCUT2D eigenvalue weighted by atomic mass is 9.47. The highest BCUT2D eigenvalue weighted by Gasteiger charge is 2.52. The molecule has 4 aliphatic rings. The van der Waals surface area contributed by atoms with Crippen molar-refractivity contribution in [2.45, 2.75) is 116 Å². The van der Waals surface area contributed by atoms with Crippen LogP contribution in [0.25, 0.3) is 0 Å². The van der Waals surface area contributed by atoms with Crippen LogP contribution in [0.4, 0.5) is 4.39 Å². The molecule has 0 aromatic rings. The average molecular weight is 323 g/mol. The molecular weight excluding hydrogens is 283 g/mol. The third kappa shape index (κ3) is 3.64. The minimum atomic E-state index is -0.496. The van der Waals surface area contributed by atoms with Gasteiger partial charge in [0.2, 0.25) is 0 Å². The number of halogens is 1. The maximum absolute atomic E-state index is 14.8. The predicted molar refractivity (Wildman–Crippen MR) is 97.3 cm³/mol. The Balaban J connectivity index is 1.54. The fourth-order valence-corrected chi connectivity index (χ4v) is 6.53. The molecule has 4 rings (SSSR count). The third-order valence-electron chi connectivity index (χ3n) is 8.19. The van der Waals surface area contributed by atoms with E-state index in [4.69, 9.17) is 0 Å². The van der Waals surface area contributed by atoms with Crippen molar-refractivity contribution in [3.05, 3.63) is 0 Å². The summed E-state index contributed by atoms with van der Waals surface area (Å²) in [7, 11) is 0. The molecule has 0 amide bonds. The first-order valence-corrected chi connectivity index (χ1v) is 10.8. The number of unbranched alkanes of at least 4 members (excludes halogenated alkanes) is 2. The van der Waals surface area contributed by atoms with Gasteiger partial charge in [-0.3, -0.25) is 0 Å². The SMILES string of the molecule is CCCCC[C@H]1CCC(C23CCC(CCC)(CC2)CC3)C[C@@H]1F. The van der Waals surface area contributed by atoms with Gasteiger partial charge in [0.05, 0.1) is 0 Å². The Morgan fingerprint density at radius 2 is 1.57 bits per heavy atom. The van der Waals surface area contributed by atoms with Crippen LogP contribution in [0.5, 0.6) is 0 Å². The molecule has 0 N–H and O–H groups in total. The second kappa shape index (κ2) is 7.44. The van der Waals surface area contributed by atoms with Crippen LogP contribution < -0.4 is 0 Å². The minimum Gasteiger partial charge on any atom is -0.247 e. The van der Waals surface area contributed by atoms with Crippen molar-refractivity contribution in [3.63, 3.8) is 0 Å². The van der Waals surface area contributed by atoms with E-state index in [-0.39, 0.29) is 0 Å². The van der Waals surface area contributed by atoms with Gasteiger partial charge in [-0.05, 0) is 93.3 Å². The molecule has 0 saturated heterocycles. The summed E-state index contributed by atoms with van der Waals surface area (Å²) >= 11 is 0. The van der Waals surface area contributed by atoms with Crippen LogP contribution in [0.2, 0.25) is 0 Å². The molecular formula is C22H39F. The summed E-state index contributed by atoms with van der Waals surface area (Å²) in [4.78, 5) is 0. The summed E-state index contributed by atoms with van der Waals surface area (Å²) in [6.45, 7) is 4.59. The highest BCUT2D eigenvalue weighted by molar-refractivity contribution is 5.03. The van der Waals surface area contributed by atoms with E-state index in [9.17, 15) is 4.39 Å². The molecule has 23 heavy (non-hydrogen) atoms. The standard InChI is InChI=1S/C22H39F/c1-3-5-6-7-18-8-9-19(17-20(18)23)22-14-11-21(10-4-2,12-15-22)13-16-22/h18-20H,3-17H2,1-2H3/t18-,19?,20-,21?,22?/m0/s1. The summed E-state index contributed by atoms with van der Waals surface area (Å²) in [5.41, 5.74) is 1.25. The number of hydrogen-bond acceptors (Lipinski definition) is 0. The molecule has 134 valence electrons. The molecule has 0 aliphatic heterocycles. The van der Waals surface area contributed by atoms with Crippen molar-refractivity contribution < 1.29 is 4.39 Å². The van der Waals surface area contributed by atoms with E-state index in [1.807, 2.05) is 0 Å². The van der Waals surface area contributed by atoms with Gasteiger partial charge < -0.3 is 0 Å². The van der Waals surface area contributed by atoms with Crippen molar-refractivity contribution >= 4 is 0 Å². The zero-order valence-electron chi connectivity index (χ0n) is 15.7.